The number of hydrogen-bond donors (Lipinski definition) is 1. The highest BCUT2D eigenvalue weighted by molar-refractivity contribution is 5.72. The lowest BCUT2D eigenvalue weighted by molar-refractivity contribution is -0.142. The average molecular weight is 235 g/mol. The maximum Gasteiger partial charge on any atom is 0.310 e. The third-order valence-corrected chi connectivity index (χ3v) is 2.33. The second-order valence-corrected chi connectivity index (χ2v) is 3.68. The van der Waals surface area contributed by atoms with Crippen molar-refractivity contribution in [2.24, 2.45) is 0 Å². The number of aromatic amines is 1. The van der Waals surface area contributed by atoms with Crippen LogP contribution in [-0.4, -0.2) is 27.2 Å². The van der Waals surface area contributed by atoms with Crippen molar-refractivity contribution in [3.8, 4) is 0 Å². The number of carbonyl (C=O) groups excluding carboxylic acids is 1. The third-order valence-electron chi connectivity index (χ3n) is 2.33. The minimum Gasteiger partial charge on any atom is -0.466 e. The first kappa shape index (κ1) is 11.4. The van der Waals surface area contributed by atoms with Crippen LogP contribution in [0.15, 0.2) is 17.1 Å². The highest BCUT2D eigenvalue weighted by Crippen LogP contribution is 2.01. The van der Waals surface area contributed by atoms with Gasteiger partial charge in [-0.15, -0.1) is 0 Å². The Bertz CT molecular complexity index is 612. The molecule has 6 nitrogen and oxygen atoms in total. The lowest BCUT2D eigenvalue weighted by Crippen LogP contribution is -2.22. The Morgan fingerprint density at radius 1 is 1.59 bits per heavy atom. The molecule has 0 saturated heterocycles. The number of H-pyrrole nitrogens is 1. The van der Waals surface area contributed by atoms with Crippen molar-refractivity contribution in [3.05, 3.63) is 33.9 Å². The fourth-order valence-electron chi connectivity index (χ4n) is 1.61. The van der Waals surface area contributed by atoms with E-state index in [-0.39, 0.29) is 12.0 Å². The van der Waals surface area contributed by atoms with Crippen LogP contribution in [0, 0.1) is 6.92 Å². The second-order valence-electron chi connectivity index (χ2n) is 3.68. The van der Waals surface area contributed by atoms with Gasteiger partial charge in [-0.3, -0.25) is 9.59 Å². The Balaban J connectivity index is 2.39. The maximum atomic E-state index is 12.0. The second kappa shape index (κ2) is 4.40. The number of ether oxygens (including phenoxy) is 1. The summed E-state index contributed by atoms with van der Waals surface area (Å²) in [7, 11) is 0. The average Bonchev–Trinajstić information content (AvgIpc) is 2.64. The minimum absolute atomic E-state index is 0.0436. The standard InChI is InChI=1S/C11H13N3O3/c1-3-17-10(15)5-8-6-12-9-4-7(2)13-14(9)11(8)16/h4,6,12H,3,5H2,1-2H3. The summed E-state index contributed by atoms with van der Waals surface area (Å²) in [4.78, 5) is 26.2. The van der Waals surface area contributed by atoms with Gasteiger partial charge in [-0.2, -0.15) is 9.61 Å². The molecule has 1 N–H and O–H groups in total. The Hall–Kier alpha value is -2.11. The van der Waals surface area contributed by atoms with Gasteiger partial charge in [-0.05, 0) is 13.8 Å². The Morgan fingerprint density at radius 3 is 3.06 bits per heavy atom. The Kier molecular flexibility index (Phi) is 2.95. The van der Waals surface area contributed by atoms with Crippen molar-refractivity contribution in [3.63, 3.8) is 0 Å². The van der Waals surface area contributed by atoms with Crippen molar-refractivity contribution in [2.45, 2.75) is 20.3 Å². The molecule has 0 spiro atoms. The summed E-state index contributed by atoms with van der Waals surface area (Å²) in [6.45, 7) is 3.83. The zero-order chi connectivity index (χ0) is 12.4. The minimum atomic E-state index is -0.416. The van der Waals surface area contributed by atoms with Gasteiger partial charge in [0.15, 0.2) is 0 Å². The zero-order valence-corrected chi connectivity index (χ0v) is 9.69. The number of hydrogen-bond acceptors (Lipinski definition) is 4. The van der Waals surface area contributed by atoms with E-state index in [2.05, 4.69) is 10.1 Å². The van der Waals surface area contributed by atoms with Gasteiger partial charge in [0.05, 0.1) is 18.7 Å². The van der Waals surface area contributed by atoms with Gasteiger partial charge in [0, 0.05) is 17.8 Å². The van der Waals surface area contributed by atoms with Crippen molar-refractivity contribution < 1.29 is 9.53 Å². The monoisotopic (exact) mass is 235 g/mol. The molecule has 0 fully saturated rings. The largest absolute Gasteiger partial charge is 0.466 e. The van der Waals surface area contributed by atoms with E-state index in [4.69, 9.17) is 4.74 Å². The Morgan fingerprint density at radius 2 is 2.35 bits per heavy atom. The normalized spacial score (nSPS) is 10.7. The van der Waals surface area contributed by atoms with E-state index in [9.17, 15) is 9.59 Å². The van der Waals surface area contributed by atoms with E-state index in [0.29, 0.717) is 17.8 Å². The fourth-order valence-corrected chi connectivity index (χ4v) is 1.61. The van der Waals surface area contributed by atoms with Gasteiger partial charge in [0.2, 0.25) is 0 Å². The van der Waals surface area contributed by atoms with Crippen LogP contribution in [-0.2, 0) is 16.0 Å². The SMILES string of the molecule is CCOC(=O)Cc1c[nH]c2cc(C)nn2c1=O. The molecule has 0 amide bonds. The summed E-state index contributed by atoms with van der Waals surface area (Å²) in [6, 6.07) is 1.76. The van der Waals surface area contributed by atoms with Crippen LogP contribution in [0.1, 0.15) is 18.2 Å². The number of carbonyl (C=O) groups is 1. The van der Waals surface area contributed by atoms with Crippen LogP contribution in [0.3, 0.4) is 0 Å². The molecule has 2 rings (SSSR count). The molecule has 0 atom stereocenters. The number of nitrogens with zero attached hydrogens (tertiary/aromatic N) is 2. The molecule has 2 aromatic rings. The van der Waals surface area contributed by atoms with Crippen LogP contribution in [0.5, 0.6) is 0 Å². The number of esters is 1. The van der Waals surface area contributed by atoms with Crippen molar-refractivity contribution >= 4 is 11.6 Å². The van der Waals surface area contributed by atoms with E-state index in [1.165, 1.54) is 10.7 Å². The van der Waals surface area contributed by atoms with Crippen LogP contribution in [0.2, 0.25) is 0 Å². The molecule has 0 unspecified atom stereocenters. The van der Waals surface area contributed by atoms with Gasteiger partial charge >= 0.3 is 5.97 Å². The van der Waals surface area contributed by atoms with E-state index in [0.717, 1.165) is 5.69 Å². The molecular formula is C11H13N3O3. The highest BCUT2D eigenvalue weighted by atomic mass is 16.5. The lowest BCUT2D eigenvalue weighted by Gasteiger charge is -2.01. The van der Waals surface area contributed by atoms with Crippen molar-refractivity contribution in [1.82, 2.24) is 14.6 Å². The quantitative estimate of drug-likeness (QED) is 0.783. The van der Waals surface area contributed by atoms with Gasteiger partial charge < -0.3 is 9.72 Å². The molecule has 0 bridgehead atoms. The van der Waals surface area contributed by atoms with E-state index in [1.54, 1.807) is 19.9 Å². The summed E-state index contributed by atoms with van der Waals surface area (Å²) in [5, 5.41) is 4.05. The predicted molar refractivity (Wildman–Crippen MR) is 60.9 cm³/mol. The zero-order valence-electron chi connectivity index (χ0n) is 9.69. The highest BCUT2D eigenvalue weighted by Gasteiger charge is 2.11. The summed E-state index contributed by atoms with van der Waals surface area (Å²) in [6.07, 6.45) is 1.48. The van der Waals surface area contributed by atoms with Crippen LogP contribution >= 0.6 is 0 Å². The smallest absolute Gasteiger partial charge is 0.310 e. The fraction of sp³-hybridized carbons (Fsp3) is 0.364. The number of nitrogens with one attached hydrogen (secondary N) is 1. The van der Waals surface area contributed by atoms with Crippen LogP contribution in [0.4, 0.5) is 0 Å². The van der Waals surface area contributed by atoms with Gasteiger partial charge in [0.1, 0.15) is 5.65 Å². The third kappa shape index (κ3) is 2.20. The van der Waals surface area contributed by atoms with Gasteiger partial charge in [-0.1, -0.05) is 0 Å². The van der Waals surface area contributed by atoms with Gasteiger partial charge in [0.25, 0.3) is 5.56 Å². The summed E-state index contributed by atoms with van der Waals surface area (Å²) >= 11 is 0. The first-order valence-corrected chi connectivity index (χ1v) is 5.34. The predicted octanol–water partition coefficient (Wildman–Crippen LogP) is 0.437. The summed E-state index contributed by atoms with van der Waals surface area (Å²) < 4.78 is 6.05. The molecular weight excluding hydrogens is 222 g/mol. The number of fused-ring (bicyclic) bond motifs is 1. The molecule has 2 aromatic heterocycles. The van der Waals surface area contributed by atoms with Crippen molar-refractivity contribution in [2.75, 3.05) is 6.61 Å². The molecule has 17 heavy (non-hydrogen) atoms. The molecule has 0 saturated carbocycles. The van der Waals surface area contributed by atoms with E-state index in [1.807, 2.05) is 0 Å². The van der Waals surface area contributed by atoms with Crippen LogP contribution < -0.4 is 5.56 Å². The maximum absolute atomic E-state index is 12.0. The molecule has 0 aromatic carbocycles. The first-order valence-electron chi connectivity index (χ1n) is 5.34. The van der Waals surface area contributed by atoms with E-state index < -0.39 is 5.97 Å². The topological polar surface area (TPSA) is 76.5 Å². The molecule has 0 radical (unpaired) electrons. The number of aryl methyl sites for hydroxylation is 1. The molecule has 0 aliphatic heterocycles. The molecule has 2 heterocycles. The molecule has 0 aliphatic carbocycles. The molecule has 0 aliphatic rings. The summed E-state index contributed by atoms with van der Waals surface area (Å²) in [5.41, 5.74) is 1.41. The van der Waals surface area contributed by atoms with Crippen molar-refractivity contribution in [1.29, 1.82) is 0 Å². The van der Waals surface area contributed by atoms with Crippen LogP contribution in [0.25, 0.3) is 5.65 Å². The molecule has 6 heteroatoms. The Labute approximate surface area is 97.2 Å². The van der Waals surface area contributed by atoms with E-state index >= 15 is 0 Å². The molecule has 90 valence electrons. The number of aromatic nitrogens is 3. The lowest BCUT2D eigenvalue weighted by atomic mass is 10.2. The summed E-state index contributed by atoms with van der Waals surface area (Å²) in [5.74, 6) is -0.416. The van der Waals surface area contributed by atoms with Gasteiger partial charge in [-0.25, -0.2) is 0 Å². The number of rotatable bonds is 3. The first-order chi connectivity index (χ1) is 8.11.